The second kappa shape index (κ2) is 5.41. The van der Waals surface area contributed by atoms with Crippen molar-refractivity contribution in [2.24, 2.45) is 0 Å². The number of nitrogens with zero attached hydrogens (tertiary/aromatic N) is 3. The Kier molecular flexibility index (Phi) is 3.30. The highest BCUT2D eigenvalue weighted by molar-refractivity contribution is 6.05. The van der Waals surface area contributed by atoms with Gasteiger partial charge in [-0.2, -0.15) is 5.10 Å². The third kappa shape index (κ3) is 2.71. The molecular weight excluding hydrogens is 272 g/mol. The number of rotatable bonds is 4. The summed E-state index contributed by atoms with van der Waals surface area (Å²) >= 11 is 0. The monoisotopic (exact) mass is 282 g/mol. The lowest BCUT2D eigenvalue weighted by Crippen LogP contribution is -1.99. The van der Waals surface area contributed by atoms with E-state index in [2.05, 4.69) is 20.3 Å². The molecular formula is C14H10N4O3. The maximum Gasteiger partial charge on any atom is 0.226 e. The van der Waals surface area contributed by atoms with Crippen molar-refractivity contribution in [3.63, 3.8) is 0 Å². The first-order chi connectivity index (χ1) is 10.2. The number of benzene rings is 1. The standard InChI is InChI=1S/C14H10N4O3/c19-11(7-12(20)14-15-8-16-17-14)10-6-13(21-18-10)9-4-2-1-3-5-9/h1-8,19H,(H,15,16,17). The number of aromatic amines is 1. The number of H-pyrrole nitrogens is 1. The summed E-state index contributed by atoms with van der Waals surface area (Å²) < 4.78 is 5.15. The second-order valence-corrected chi connectivity index (χ2v) is 4.17. The number of ketones is 1. The molecule has 0 saturated heterocycles. The summed E-state index contributed by atoms with van der Waals surface area (Å²) in [4.78, 5) is 15.4. The maximum absolute atomic E-state index is 11.7. The number of aromatic nitrogens is 4. The molecule has 0 atom stereocenters. The Labute approximate surface area is 118 Å². The van der Waals surface area contributed by atoms with Crippen molar-refractivity contribution in [1.82, 2.24) is 20.3 Å². The van der Waals surface area contributed by atoms with Crippen molar-refractivity contribution in [2.45, 2.75) is 0 Å². The minimum Gasteiger partial charge on any atom is -0.505 e. The molecule has 3 aromatic rings. The van der Waals surface area contributed by atoms with Crippen LogP contribution in [-0.4, -0.2) is 31.2 Å². The lowest BCUT2D eigenvalue weighted by Gasteiger charge is -1.92. The first kappa shape index (κ1) is 12.8. The highest BCUT2D eigenvalue weighted by atomic mass is 16.5. The summed E-state index contributed by atoms with van der Waals surface area (Å²) in [5.41, 5.74) is 0.993. The molecule has 2 aromatic heterocycles. The highest BCUT2D eigenvalue weighted by Gasteiger charge is 2.13. The lowest BCUT2D eigenvalue weighted by molar-refractivity contribution is 0.103. The number of allylic oxidation sites excluding steroid dienone is 1. The van der Waals surface area contributed by atoms with Gasteiger partial charge in [-0.05, 0) is 0 Å². The van der Waals surface area contributed by atoms with Gasteiger partial charge in [0.15, 0.2) is 11.6 Å². The zero-order valence-corrected chi connectivity index (χ0v) is 10.7. The topological polar surface area (TPSA) is 105 Å². The van der Waals surface area contributed by atoms with E-state index in [0.29, 0.717) is 5.76 Å². The van der Waals surface area contributed by atoms with Gasteiger partial charge in [0, 0.05) is 17.7 Å². The van der Waals surface area contributed by atoms with E-state index in [9.17, 15) is 9.90 Å². The third-order valence-electron chi connectivity index (χ3n) is 2.75. The summed E-state index contributed by atoms with van der Waals surface area (Å²) in [5.74, 6) is -0.275. The SMILES string of the molecule is O=C(C=C(O)c1cc(-c2ccccc2)on1)c1ncn[nH]1. The molecule has 0 aliphatic heterocycles. The number of nitrogens with one attached hydrogen (secondary N) is 1. The Bertz CT molecular complexity index is 776. The summed E-state index contributed by atoms with van der Waals surface area (Å²) in [6, 6.07) is 10.9. The van der Waals surface area contributed by atoms with Crippen LogP contribution in [0.25, 0.3) is 17.1 Å². The van der Waals surface area contributed by atoms with Crippen molar-refractivity contribution in [3.05, 3.63) is 60.3 Å². The van der Waals surface area contributed by atoms with Gasteiger partial charge < -0.3 is 9.63 Å². The Morgan fingerprint density at radius 2 is 2.10 bits per heavy atom. The smallest absolute Gasteiger partial charge is 0.226 e. The Balaban J connectivity index is 1.84. The molecule has 0 spiro atoms. The number of carbonyl (C=O) groups excluding carboxylic acids is 1. The van der Waals surface area contributed by atoms with Crippen LogP contribution in [-0.2, 0) is 0 Å². The number of aliphatic hydroxyl groups excluding tert-OH is 1. The van der Waals surface area contributed by atoms with E-state index in [0.717, 1.165) is 11.6 Å². The second-order valence-electron chi connectivity index (χ2n) is 4.17. The van der Waals surface area contributed by atoms with Gasteiger partial charge in [-0.15, -0.1) is 0 Å². The fraction of sp³-hybridized carbons (Fsp3) is 0. The van der Waals surface area contributed by atoms with Crippen molar-refractivity contribution in [2.75, 3.05) is 0 Å². The molecule has 0 amide bonds. The molecule has 7 nitrogen and oxygen atoms in total. The van der Waals surface area contributed by atoms with E-state index in [4.69, 9.17) is 4.52 Å². The van der Waals surface area contributed by atoms with Gasteiger partial charge in [0.1, 0.15) is 17.8 Å². The van der Waals surface area contributed by atoms with Crippen LogP contribution in [0.2, 0.25) is 0 Å². The van der Waals surface area contributed by atoms with Gasteiger partial charge in [-0.25, -0.2) is 4.98 Å². The molecule has 21 heavy (non-hydrogen) atoms. The highest BCUT2D eigenvalue weighted by Crippen LogP contribution is 2.22. The summed E-state index contributed by atoms with van der Waals surface area (Å²) in [6.45, 7) is 0. The minimum absolute atomic E-state index is 0.0355. The van der Waals surface area contributed by atoms with Crippen LogP contribution in [0.15, 0.2) is 53.3 Å². The number of carbonyl (C=O) groups is 1. The molecule has 0 aliphatic rings. The fourth-order valence-electron chi connectivity index (χ4n) is 1.73. The number of hydrogen-bond donors (Lipinski definition) is 2. The summed E-state index contributed by atoms with van der Waals surface area (Å²) in [5, 5.41) is 19.6. The van der Waals surface area contributed by atoms with E-state index < -0.39 is 5.78 Å². The van der Waals surface area contributed by atoms with Crippen LogP contribution in [0.3, 0.4) is 0 Å². The van der Waals surface area contributed by atoms with Gasteiger partial charge >= 0.3 is 0 Å². The molecule has 2 heterocycles. The molecule has 3 rings (SSSR count). The number of hydrogen-bond acceptors (Lipinski definition) is 6. The zero-order chi connectivity index (χ0) is 14.7. The normalized spacial score (nSPS) is 11.5. The van der Waals surface area contributed by atoms with Crippen LogP contribution in [0.4, 0.5) is 0 Å². The van der Waals surface area contributed by atoms with Gasteiger partial charge in [-0.3, -0.25) is 9.89 Å². The average molecular weight is 282 g/mol. The molecule has 0 bridgehead atoms. The zero-order valence-electron chi connectivity index (χ0n) is 10.7. The first-order valence-electron chi connectivity index (χ1n) is 6.07. The maximum atomic E-state index is 11.7. The molecule has 0 aliphatic carbocycles. The molecule has 1 aromatic carbocycles. The Morgan fingerprint density at radius 3 is 2.81 bits per heavy atom. The van der Waals surface area contributed by atoms with Crippen LogP contribution < -0.4 is 0 Å². The van der Waals surface area contributed by atoms with Crippen molar-refractivity contribution in [3.8, 4) is 11.3 Å². The predicted molar refractivity (Wildman–Crippen MR) is 73.3 cm³/mol. The summed E-state index contributed by atoms with van der Waals surface area (Å²) in [7, 11) is 0. The first-order valence-corrected chi connectivity index (χ1v) is 6.07. The van der Waals surface area contributed by atoms with Gasteiger partial charge in [0.05, 0.1) is 0 Å². The van der Waals surface area contributed by atoms with E-state index in [1.165, 1.54) is 6.33 Å². The molecule has 104 valence electrons. The van der Waals surface area contributed by atoms with Gasteiger partial charge in [0.25, 0.3) is 0 Å². The van der Waals surface area contributed by atoms with Crippen molar-refractivity contribution in [1.29, 1.82) is 0 Å². The predicted octanol–water partition coefficient (Wildman–Crippen LogP) is 2.24. The van der Waals surface area contributed by atoms with Gasteiger partial charge in [0.2, 0.25) is 5.78 Å². The van der Waals surface area contributed by atoms with E-state index >= 15 is 0 Å². The van der Waals surface area contributed by atoms with Crippen LogP contribution >= 0.6 is 0 Å². The van der Waals surface area contributed by atoms with E-state index in [1.807, 2.05) is 30.3 Å². The van der Waals surface area contributed by atoms with Crippen LogP contribution in [0, 0.1) is 0 Å². The van der Waals surface area contributed by atoms with Crippen LogP contribution in [0.1, 0.15) is 16.3 Å². The largest absolute Gasteiger partial charge is 0.505 e. The molecule has 2 N–H and O–H groups in total. The minimum atomic E-state index is -0.505. The molecule has 0 unspecified atom stereocenters. The van der Waals surface area contributed by atoms with Crippen molar-refractivity contribution < 1.29 is 14.4 Å². The van der Waals surface area contributed by atoms with E-state index in [-0.39, 0.29) is 17.3 Å². The fourth-order valence-corrected chi connectivity index (χ4v) is 1.73. The average Bonchev–Trinajstić information content (AvgIpc) is 3.20. The molecule has 0 radical (unpaired) electrons. The summed E-state index contributed by atoms with van der Waals surface area (Å²) in [6.07, 6.45) is 2.22. The Hall–Kier alpha value is -3.22. The quantitative estimate of drug-likeness (QED) is 0.432. The Morgan fingerprint density at radius 1 is 1.29 bits per heavy atom. The van der Waals surface area contributed by atoms with Gasteiger partial charge in [-0.1, -0.05) is 35.5 Å². The van der Waals surface area contributed by atoms with E-state index in [1.54, 1.807) is 6.07 Å². The number of aliphatic hydroxyl groups is 1. The van der Waals surface area contributed by atoms with Crippen molar-refractivity contribution >= 4 is 11.5 Å². The molecule has 0 fully saturated rings. The lowest BCUT2D eigenvalue weighted by atomic mass is 10.1. The molecule has 7 heteroatoms. The third-order valence-corrected chi connectivity index (χ3v) is 2.75. The molecule has 0 saturated carbocycles. The van der Waals surface area contributed by atoms with Crippen LogP contribution in [0.5, 0.6) is 0 Å².